The molecule has 2 aromatic carbocycles. The number of amides is 1. The minimum atomic E-state index is -3.73. The third-order valence-corrected chi connectivity index (χ3v) is 5.98. The van der Waals surface area contributed by atoms with Crippen molar-refractivity contribution in [2.24, 2.45) is 5.73 Å². The summed E-state index contributed by atoms with van der Waals surface area (Å²) in [7, 11) is -3.73. The molecule has 1 fully saturated rings. The predicted molar refractivity (Wildman–Crippen MR) is 101 cm³/mol. The molecule has 0 bridgehead atoms. The van der Waals surface area contributed by atoms with Crippen LogP contribution in [0.25, 0.3) is 0 Å². The van der Waals surface area contributed by atoms with Gasteiger partial charge in [0.15, 0.2) is 0 Å². The second-order valence-corrected chi connectivity index (χ2v) is 8.41. The van der Waals surface area contributed by atoms with E-state index in [1.54, 1.807) is 30.3 Å². The Labute approximate surface area is 158 Å². The van der Waals surface area contributed by atoms with E-state index in [4.69, 9.17) is 17.3 Å². The van der Waals surface area contributed by atoms with Crippen molar-refractivity contribution in [1.82, 2.24) is 4.90 Å². The van der Waals surface area contributed by atoms with Crippen molar-refractivity contribution in [3.8, 4) is 0 Å². The van der Waals surface area contributed by atoms with Crippen molar-refractivity contribution in [3.63, 3.8) is 0 Å². The first-order chi connectivity index (χ1) is 12.3. The van der Waals surface area contributed by atoms with Crippen LogP contribution in [0.5, 0.6) is 0 Å². The smallest absolute Gasteiger partial charge is 0.261 e. The molecular weight excluding hydrogens is 374 g/mol. The molecule has 26 heavy (non-hydrogen) atoms. The highest BCUT2D eigenvalue weighted by molar-refractivity contribution is 7.92. The first-order valence-electron chi connectivity index (χ1n) is 8.26. The lowest BCUT2D eigenvalue weighted by molar-refractivity contribution is -0.122. The number of carbonyl (C=O) groups is 1. The Balaban J connectivity index is 1.76. The molecule has 1 atom stereocenters. The second kappa shape index (κ2) is 7.65. The van der Waals surface area contributed by atoms with Gasteiger partial charge in [-0.1, -0.05) is 29.8 Å². The van der Waals surface area contributed by atoms with Gasteiger partial charge < -0.3 is 5.73 Å². The lowest BCUT2D eigenvalue weighted by Crippen LogP contribution is -2.39. The molecule has 0 saturated carbocycles. The van der Waals surface area contributed by atoms with E-state index in [1.165, 1.54) is 12.1 Å². The molecule has 2 aromatic rings. The minimum Gasteiger partial charge on any atom is -0.368 e. The molecule has 1 unspecified atom stereocenters. The largest absolute Gasteiger partial charge is 0.368 e. The van der Waals surface area contributed by atoms with Crippen LogP contribution < -0.4 is 10.5 Å². The molecule has 3 N–H and O–H groups in total. The Morgan fingerprint density at radius 3 is 2.73 bits per heavy atom. The molecule has 0 aliphatic carbocycles. The van der Waals surface area contributed by atoms with Crippen LogP contribution in [-0.4, -0.2) is 31.8 Å². The summed E-state index contributed by atoms with van der Waals surface area (Å²) in [5, 5.41) is 0.355. The van der Waals surface area contributed by atoms with Crippen molar-refractivity contribution in [1.29, 1.82) is 0 Å². The van der Waals surface area contributed by atoms with Gasteiger partial charge in [0.25, 0.3) is 10.0 Å². The summed E-state index contributed by atoms with van der Waals surface area (Å²) in [5.74, 6) is -0.319. The van der Waals surface area contributed by atoms with Crippen LogP contribution in [-0.2, 0) is 21.4 Å². The van der Waals surface area contributed by atoms with E-state index in [9.17, 15) is 13.2 Å². The maximum Gasteiger partial charge on any atom is 0.261 e. The molecule has 3 rings (SSSR count). The molecule has 1 saturated heterocycles. The molecule has 1 aliphatic rings. The average molecular weight is 394 g/mol. The van der Waals surface area contributed by atoms with Crippen LogP contribution in [0.3, 0.4) is 0 Å². The van der Waals surface area contributed by atoms with Crippen LogP contribution in [0.15, 0.2) is 53.4 Å². The number of nitrogens with two attached hydrogens (primary N) is 1. The van der Waals surface area contributed by atoms with Crippen LogP contribution in [0, 0.1) is 0 Å². The van der Waals surface area contributed by atoms with E-state index in [1.807, 2.05) is 11.0 Å². The van der Waals surface area contributed by atoms with E-state index in [2.05, 4.69) is 4.72 Å². The zero-order valence-corrected chi connectivity index (χ0v) is 15.6. The Morgan fingerprint density at radius 2 is 2.00 bits per heavy atom. The first kappa shape index (κ1) is 18.7. The third-order valence-electron chi connectivity index (χ3n) is 4.36. The van der Waals surface area contributed by atoms with Gasteiger partial charge in [-0.15, -0.1) is 0 Å². The van der Waals surface area contributed by atoms with Gasteiger partial charge in [-0.3, -0.25) is 14.4 Å². The summed E-state index contributed by atoms with van der Waals surface area (Å²) in [6.45, 7) is 1.34. The van der Waals surface area contributed by atoms with Gasteiger partial charge >= 0.3 is 0 Å². The number of sulfonamides is 1. The molecule has 1 heterocycles. The predicted octanol–water partition coefficient (Wildman–Crippen LogP) is 2.59. The number of nitrogens with zero attached hydrogens (tertiary/aromatic N) is 1. The number of rotatable bonds is 6. The van der Waals surface area contributed by atoms with E-state index < -0.39 is 10.0 Å². The number of carbonyl (C=O) groups excluding carboxylic acids is 1. The van der Waals surface area contributed by atoms with Gasteiger partial charge in [0.05, 0.1) is 10.9 Å². The molecule has 8 heteroatoms. The van der Waals surface area contributed by atoms with Gasteiger partial charge in [-0.2, -0.15) is 0 Å². The van der Waals surface area contributed by atoms with Gasteiger partial charge in [-0.05, 0) is 55.3 Å². The first-order valence-corrected chi connectivity index (χ1v) is 10.1. The Hall–Kier alpha value is -2.09. The van der Waals surface area contributed by atoms with Crippen molar-refractivity contribution in [3.05, 3.63) is 59.1 Å². The molecule has 0 radical (unpaired) electrons. The number of benzene rings is 2. The van der Waals surface area contributed by atoms with Gasteiger partial charge in [-0.25, -0.2) is 8.42 Å². The van der Waals surface area contributed by atoms with Crippen molar-refractivity contribution in [2.45, 2.75) is 30.3 Å². The minimum absolute atomic E-state index is 0.101. The summed E-state index contributed by atoms with van der Waals surface area (Å²) < 4.78 is 27.6. The highest BCUT2D eigenvalue weighted by Gasteiger charge is 2.28. The summed E-state index contributed by atoms with van der Waals surface area (Å²) in [6.07, 6.45) is 1.69. The number of primary amides is 1. The second-order valence-electron chi connectivity index (χ2n) is 6.29. The van der Waals surface area contributed by atoms with Crippen LogP contribution in [0.2, 0.25) is 5.02 Å². The maximum atomic E-state index is 12.5. The van der Waals surface area contributed by atoms with Gasteiger partial charge in [0.1, 0.15) is 0 Å². The highest BCUT2D eigenvalue weighted by atomic mass is 35.5. The van der Waals surface area contributed by atoms with E-state index >= 15 is 0 Å². The Kier molecular flexibility index (Phi) is 5.50. The average Bonchev–Trinajstić information content (AvgIpc) is 3.03. The number of hydrogen-bond donors (Lipinski definition) is 2. The number of halogens is 1. The fourth-order valence-electron chi connectivity index (χ4n) is 3.15. The van der Waals surface area contributed by atoms with E-state index in [-0.39, 0.29) is 16.8 Å². The van der Waals surface area contributed by atoms with Gasteiger partial charge in [0, 0.05) is 17.3 Å². The number of likely N-dealkylation sites (tertiary alicyclic amines) is 1. The fourth-order valence-corrected chi connectivity index (χ4v) is 4.50. The van der Waals surface area contributed by atoms with E-state index in [0.717, 1.165) is 24.9 Å². The lowest BCUT2D eigenvalue weighted by Gasteiger charge is -2.22. The molecule has 138 valence electrons. The zero-order valence-electron chi connectivity index (χ0n) is 14.1. The standard InChI is InChI=1S/C18H20ClN3O3S/c19-14-5-2-7-16(11-14)26(24,25)21-15-6-1-4-13(10-15)12-22-9-3-8-17(22)18(20)23/h1-2,4-7,10-11,17,21H,3,8-9,12H2,(H2,20,23). The van der Waals surface area contributed by atoms with Crippen molar-refractivity contribution < 1.29 is 13.2 Å². The number of nitrogens with one attached hydrogen (secondary N) is 1. The summed E-state index contributed by atoms with van der Waals surface area (Å²) in [5.41, 5.74) is 6.81. The SMILES string of the molecule is NC(=O)C1CCCN1Cc1cccc(NS(=O)(=O)c2cccc(Cl)c2)c1. The zero-order chi connectivity index (χ0) is 18.7. The van der Waals surface area contributed by atoms with Crippen LogP contribution in [0.4, 0.5) is 5.69 Å². The summed E-state index contributed by atoms with van der Waals surface area (Å²) >= 11 is 5.88. The number of hydrogen-bond acceptors (Lipinski definition) is 4. The fraction of sp³-hybridized carbons (Fsp3) is 0.278. The van der Waals surface area contributed by atoms with Crippen LogP contribution in [0.1, 0.15) is 18.4 Å². The van der Waals surface area contributed by atoms with Crippen molar-refractivity contribution in [2.75, 3.05) is 11.3 Å². The normalized spacial score (nSPS) is 18.0. The van der Waals surface area contributed by atoms with Crippen LogP contribution >= 0.6 is 11.6 Å². The Bertz CT molecular complexity index is 917. The highest BCUT2D eigenvalue weighted by Crippen LogP contribution is 2.23. The molecule has 0 aromatic heterocycles. The molecule has 1 amide bonds. The molecule has 1 aliphatic heterocycles. The molecule has 6 nitrogen and oxygen atoms in total. The van der Waals surface area contributed by atoms with Gasteiger partial charge in [0.2, 0.25) is 5.91 Å². The molecular formula is C18H20ClN3O3S. The molecule has 0 spiro atoms. The Morgan fingerprint density at radius 1 is 1.23 bits per heavy atom. The monoisotopic (exact) mass is 393 g/mol. The summed E-state index contributed by atoms with van der Waals surface area (Å²) in [6, 6.07) is 12.9. The topological polar surface area (TPSA) is 92.5 Å². The summed E-state index contributed by atoms with van der Waals surface area (Å²) in [4.78, 5) is 13.6. The lowest BCUT2D eigenvalue weighted by atomic mass is 10.1. The number of anilines is 1. The van der Waals surface area contributed by atoms with E-state index in [0.29, 0.717) is 17.3 Å². The van der Waals surface area contributed by atoms with Crippen molar-refractivity contribution >= 4 is 33.2 Å². The third kappa shape index (κ3) is 4.35. The maximum absolute atomic E-state index is 12.5. The quantitative estimate of drug-likeness (QED) is 0.788.